The van der Waals surface area contributed by atoms with Crippen LogP contribution in [-0.2, 0) is 16.4 Å². The molecule has 30 heavy (non-hydrogen) atoms. The molecule has 9 heteroatoms. The van der Waals surface area contributed by atoms with E-state index >= 15 is 0 Å². The normalized spacial score (nSPS) is 17.1. The van der Waals surface area contributed by atoms with Crippen molar-refractivity contribution in [2.45, 2.75) is 17.7 Å². The minimum Gasteiger partial charge on any atom is -0.382 e. The average molecular weight is 427 g/mol. The van der Waals surface area contributed by atoms with Gasteiger partial charge in [0.15, 0.2) is 5.82 Å². The number of nitrogens with one attached hydrogen (secondary N) is 2. The number of aromatic nitrogens is 1. The van der Waals surface area contributed by atoms with E-state index in [-0.39, 0.29) is 4.90 Å². The number of hydrogen-bond donors (Lipinski definition) is 2. The van der Waals surface area contributed by atoms with Crippen LogP contribution in [0.5, 0.6) is 0 Å². The van der Waals surface area contributed by atoms with Crippen molar-refractivity contribution < 1.29 is 8.42 Å². The lowest BCUT2D eigenvalue weighted by atomic mass is 10.0. The Labute approximate surface area is 177 Å². The van der Waals surface area contributed by atoms with E-state index < -0.39 is 10.0 Å². The smallest absolute Gasteiger partial charge is 0.240 e. The largest absolute Gasteiger partial charge is 0.382 e. The van der Waals surface area contributed by atoms with Crippen molar-refractivity contribution in [3.8, 4) is 6.07 Å². The quantitative estimate of drug-likeness (QED) is 0.720. The predicted molar refractivity (Wildman–Crippen MR) is 116 cm³/mol. The number of anilines is 2. The fraction of sp³-hybridized carbons (Fsp3) is 0.429. The zero-order chi connectivity index (χ0) is 21.0. The van der Waals surface area contributed by atoms with E-state index in [2.05, 4.69) is 30.9 Å². The third kappa shape index (κ3) is 4.56. The molecule has 2 N–H and O–H groups in total. The molecule has 8 nitrogen and oxygen atoms in total. The number of benzene rings is 1. The summed E-state index contributed by atoms with van der Waals surface area (Å²) in [6, 6.07) is 10.1. The topological polar surface area (TPSA) is 101 Å². The van der Waals surface area contributed by atoms with Crippen molar-refractivity contribution in [2.75, 3.05) is 56.0 Å². The number of hydrogen-bond acceptors (Lipinski definition) is 7. The number of piperazine rings is 1. The molecule has 0 aliphatic carbocycles. The lowest BCUT2D eigenvalue weighted by Crippen LogP contribution is -2.49. The summed E-state index contributed by atoms with van der Waals surface area (Å²) >= 11 is 0. The highest BCUT2D eigenvalue weighted by Gasteiger charge is 2.23. The predicted octanol–water partition coefficient (Wildman–Crippen LogP) is 1.41. The summed E-state index contributed by atoms with van der Waals surface area (Å²) < 4.78 is 27.5. The molecular formula is C21H26N6O2S. The van der Waals surface area contributed by atoms with E-state index in [1.54, 1.807) is 12.1 Å². The van der Waals surface area contributed by atoms with E-state index in [1.807, 2.05) is 12.3 Å². The Bertz CT molecular complexity index is 1040. The summed E-state index contributed by atoms with van der Waals surface area (Å²) in [4.78, 5) is 9.31. The second-order valence-corrected chi connectivity index (χ2v) is 9.33. The fourth-order valence-electron chi connectivity index (χ4n) is 3.96. The maximum absolute atomic E-state index is 12.5. The van der Waals surface area contributed by atoms with Crippen LogP contribution in [0.3, 0.4) is 0 Å². The highest BCUT2D eigenvalue weighted by atomic mass is 32.2. The summed E-state index contributed by atoms with van der Waals surface area (Å²) in [5, 5.41) is 12.5. The zero-order valence-corrected chi connectivity index (χ0v) is 17.7. The first kappa shape index (κ1) is 20.6. The van der Waals surface area contributed by atoms with Crippen molar-refractivity contribution >= 4 is 21.5 Å². The van der Waals surface area contributed by atoms with E-state index in [0.717, 1.165) is 51.4 Å². The van der Waals surface area contributed by atoms with Crippen LogP contribution in [-0.4, -0.2) is 64.1 Å². The number of fused-ring (bicyclic) bond motifs is 1. The Morgan fingerprint density at radius 3 is 2.83 bits per heavy atom. The van der Waals surface area contributed by atoms with Gasteiger partial charge >= 0.3 is 0 Å². The number of nitrogens with zero attached hydrogens (tertiary/aromatic N) is 4. The van der Waals surface area contributed by atoms with Gasteiger partial charge in [0.25, 0.3) is 0 Å². The number of sulfonamides is 1. The average Bonchev–Trinajstić information content (AvgIpc) is 2.79. The number of pyridine rings is 1. The number of nitriles is 1. The van der Waals surface area contributed by atoms with Gasteiger partial charge < -0.3 is 10.2 Å². The Kier molecular flexibility index (Phi) is 6.18. The van der Waals surface area contributed by atoms with Crippen LogP contribution in [0.25, 0.3) is 0 Å². The van der Waals surface area contributed by atoms with Gasteiger partial charge in [0.1, 0.15) is 0 Å². The molecule has 0 saturated carbocycles. The lowest BCUT2D eigenvalue weighted by Gasteiger charge is -2.37. The molecule has 1 aromatic heterocycles. The molecule has 2 aromatic rings. The number of rotatable bonds is 6. The molecule has 2 aliphatic rings. The monoisotopic (exact) mass is 426 g/mol. The molecule has 0 unspecified atom stereocenters. The molecule has 3 heterocycles. The molecular weight excluding hydrogens is 400 g/mol. The summed E-state index contributed by atoms with van der Waals surface area (Å²) in [6.07, 6.45) is 4.14. The molecule has 1 fully saturated rings. The Morgan fingerprint density at radius 2 is 2.03 bits per heavy atom. The first-order valence-corrected chi connectivity index (χ1v) is 11.7. The van der Waals surface area contributed by atoms with Crippen molar-refractivity contribution in [1.29, 1.82) is 5.26 Å². The molecule has 4 rings (SSSR count). The maximum atomic E-state index is 12.5. The van der Waals surface area contributed by atoms with Gasteiger partial charge in [-0.05, 0) is 42.7 Å². The Morgan fingerprint density at radius 1 is 1.20 bits per heavy atom. The minimum atomic E-state index is -3.61. The maximum Gasteiger partial charge on any atom is 0.240 e. The molecule has 0 atom stereocenters. The zero-order valence-electron chi connectivity index (χ0n) is 16.8. The van der Waals surface area contributed by atoms with Gasteiger partial charge in [-0.2, -0.15) is 5.26 Å². The summed E-state index contributed by atoms with van der Waals surface area (Å²) in [6.45, 7) is 5.41. The van der Waals surface area contributed by atoms with E-state index in [4.69, 9.17) is 5.26 Å². The standard InChI is InChI=1S/C21H26N6O2S/c22-16-17-3-1-5-19(15-17)30(28,29)25-9-10-26-11-13-27(14-12-26)21-20-18(6-8-24-21)4-2-7-23-20/h1,3,5-6,8,15,23,25H,2,4,7,9-14H2. The SMILES string of the molecule is N#Cc1cccc(S(=O)(=O)NCCN2CCN(c3nccc4c3NCCC4)CC2)c1. The van der Waals surface area contributed by atoms with E-state index in [0.29, 0.717) is 18.7 Å². The molecule has 158 valence electrons. The summed E-state index contributed by atoms with van der Waals surface area (Å²) in [7, 11) is -3.61. The van der Waals surface area contributed by atoms with Gasteiger partial charge in [-0.25, -0.2) is 18.1 Å². The Hall–Kier alpha value is -2.67. The fourth-order valence-corrected chi connectivity index (χ4v) is 5.03. The van der Waals surface area contributed by atoms with Crippen molar-refractivity contribution in [1.82, 2.24) is 14.6 Å². The van der Waals surface area contributed by atoms with Crippen molar-refractivity contribution in [3.05, 3.63) is 47.7 Å². The van der Waals surface area contributed by atoms with Gasteiger partial charge in [0.05, 0.1) is 22.2 Å². The molecule has 0 spiro atoms. The van der Waals surface area contributed by atoms with Crippen LogP contribution >= 0.6 is 0 Å². The second kappa shape index (κ2) is 9.00. The third-order valence-corrected chi connectivity index (χ3v) is 7.07. The molecule has 0 bridgehead atoms. The van der Waals surface area contributed by atoms with Gasteiger partial charge in [0, 0.05) is 52.0 Å². The highest BCUT2D eigenvalue weighted by molar-refractivity contribution is 7.89. The molecule has 0 radical (unpaired) electrons. The van der Waals surface area contributed by atoms with Crippen LogP contribution in [0.15, 0.2) is 41.4 Å². The van der Waals surface area contributed by atoms with Crippen LogP contribution in [0.4, 0.5) is 11.5 Å². The van der Waals surface area contributed by atoms with E-state index in [1.165, 1.54) is 23.4 Å². The van der Waals surface area contributed by atoms with Crippen LogP contribution in [0.2, 0.25) is 0 Å². The van der Waals surface area contributed by atoms with Gasteiger partial charge in [-0.3, -0.25) is 4.90 Å². The minimum absolute atomic E-state index is 0.124. The van der Waals surface area contributed by atoms with E-state index in [9.17, 15) is 8.42 Å². The Balaban J connectivity index is 1.29. The highest BCUT2D eigenvalue weighted by Crippen LogP contribution is 2.31. The third-order valence-electron chi connectivity index (χ3n) is 5.61. The van der Waals surface area contributed by atoms with Crippen molar-refractivity contribution in [3.63, 3.8) is 0 Å². The van der Waals surface area contributed by atoms with Crippen LogP contribution in [0, 0.1) is 11.3 Å². The first-order chi connectivity index (χ1) is 14.6. The van der Waals surface area contributed by atoms with Gasteiger partial charge in [-0.1, -0.05) is 6.07 Å². The second-order valence-electron chi connectivity index (χ2n) is 7.57. The molecule has 1 aromatic carbocycles. The lowest BCUT2D eigenvalue weighted by molar-refractivity contribution is 0.261. The first-order valence-electron chi connectivity index (χ1n) is 10.3. The van der Waals surface area contributed by atoms with Gasteiger partial charge in [-0.15, -0.1) is 0 Å². The summed E-state index contributed by atoms with van der Waals surface area (Å²) in [5.41, 5.74) is 2.84. The van der Waals surface area contributed by atoms with Crippen LogP contribution < -0.4 is 14.9 Å². The van der Waals surface area contributed by atoms with Gasteiger partial charge in [0.2, 0.25) is 10.0 Å². The van der Waals surface area contributed by atoms with Crippen molar-refractivity contribution in [2.24, 2.45) is 0 Å². The summed E-state index contributed by atoms with van der Waals surface area (Å²) in [5.74, 6) is 1.03. The molecule has 0 amide bonds. The molecule has 1 saturated heterocycles. The number of aryl methyl sites for hydroxylation is 1. The van der Waals surface area contributed by atoms with Crippen LogP contribution in [0.1, 0.15) is 17.5 Å². The molecule has 2 aliphatic heterocycles.